The maximum atomic E-state index is 13.2. The molecule has 0 aliphatic heterocycles. The summed E-state index contributed by atoms with van der Waals surface area (Å²) in [4.78, 5) is 32.0. The van der Waals surface area contributed by atoms with Gasteiger partial charge in [-0.1, -0.05) is 12.1 Å². The van der Waals surface area contributed by atoms with Crippen molar-refractivity contribution in [1.82, 2.24) is 20.2 Å². The summed E-state index contributed by atoms with van der Waals surface area (Å²) in [7, 11) is 0. The highest BCUT2D eigenvalue weighted by atomic mass is 32.1. The highest BCUT2D eigenvalue weighted by Crippen LogP contribution is 2.30. The zero-order chi connectivity index (χ0) is 20.8. The standard InChI is InChI=1S/C22H17N5O2S/c1-12-14(10-23)20-25-16-6-2-3-7-17(16)27(20)22(29)15(12)11-24-26-21(28)19-9-13-5-4-8-18(13)30-19/h2-3,6-7,9,11,24H,4-5,8H2,1H3,(H,26,28). The number of nitrogens with one attached hydrogen (secondary N) is 2. The summed E-state index contributed by atoms with van der Waals surface area (Å²) in [6.07, 6.45) is 4.63. The minimum absolute atomic E-state index is 0.245. The van der Waals surface area contributed by atoms with E-state index in [2.05, 4.69) is 21.9 Å². The number of benzene rings is 1. The molecule has 8 heteroatoms. The molecule has 1 aliphatic carbocycles. The van der Waals surface area contributed by atoms with Crippen molar-refractivity contribution in [1.29, 1.82) is 5.26 Å². The van der Waals surface area contributed by atoms with Crippen molar-refractivity contribution in [2.75, 3.05) is 0 Å². The summed E-state index contributed by atoms with van der Waals surface area (Å²) in [5.74, 6) is -0.245. The largest absolute Gasteiger partial charge is 0.305 e. The van der Waals surface area contributed by atoms with Crippen molar-refractivity contribution in [3.05, 3.63) is 72.3 Å². The van der Waals surface area contributed by atoms with Crippen molar-refractivity contribution >= 4 is 40.1 Å². The molecule has 0 saturated carbocycles. The Kier molecular flexibility index (Phi) is 4.26. The first-order valence-corrected chi connectivity index (χ1v) is 10.4. The SMILES string of the molecule is Cc1c(C#N)c2nc3ccccc3n2c(=O)c1=CNNC(=O)c1cc2c(s1)CCC2. The van der Waals surface area contributed by atoms with Gasteiger partial charge in [0, 0.05) is 11.1 Å². The molecule has 0 atom stereocenters. The van der Waals surface area contributed by atoms with Gasteiger partial charge in [0.25, 0.3) is 11.5 Å². The second-order valence-electron chi connectivity index (χ2n) is 7.25. The highest BCUT2D eigenvalue weighted by Gasteiger charge is 2.19. The van der Waals surface area contributed by atoms with Crippen molar-refractivity contribution in [2.45, 2.75) is 26.2 Å². The van der Waals surface area contributed by atoms with Crippen LogP contribution in [0.5, 0.6) is 0 Å². The van der Waals surface area contributed by atoms with Crippen LogP contribution < -0.4 is 21.6 Å². The number of aromatic nitrogens is 2. The average Bonchev–Trinajstić information content (AvgIpc) is 3.43. The Labute approximate surface area is 175 Å². The van der Waals surface area contributed by atoms with Crippen LogP contribution in [-0.2, 0) is 12.8 Å². The van der Waals surface area contributed by atoms with E-state index in [-0.39, 0.29) is 11.5 Å². The van der Waals surface area contributed by atoms with Crippen LogP contribution in [0.25, 0.3) is 22.9 Å². The summed E-state index contributed by atoms with van der Waals surface area (Å²) in [5.41, 5.74) is 8.80. The summed E-state index contributed by atoms with van der Waals surface area (Å²) in [6.45, 7) is 1.71. The van der Waals surface area contributed by atoms with Gasteiger partial charge >= 0.3 is 0 Å². The van der Waals surface area contributed by atoms with E-state index >= 15 is 0 Å². The summed E-state index contributed by atoms with van der Waals surface area (Å²) in [6, 6.07) is 11.3. The van der Waals surface area contributed by atoms with Crippen LogP contribution in [0, 0.1) is 18.3 Å². The third kappa shape index (κ3) is 2.75. The molecule has 0 radical (unpaired) electrons. The number of carbonyl (C=O) groups excluding carboxylic acids is 1. The van der Waals surface area contributed by atoms with Gasteiger partial charge in [0.2, 0.25) is 0 Å². The zero-order valence-electron chi connectivity index (χ0n) is 16.2. The Morgan fingerprint density at radius 3 is 2.97 bits per heavy atom. The molecule has 148 valence electrons. The van der Waals surface area contributed by atoms with Crippen LogP contribution in [0.15, 0.2) is 35.1 Å². The first-order chi connectivity index (χ1) is 14.6. The molecule has 3 aromatic heterocycles. The lowest BCUT2D eigenvalue weighted by atomic mass is 10.1. The van der Waals surface area contributed by atoms with E-state index in [1.165, 1.54) is 32.4 Å². The van der Waals surface area contributed by atoms with Crippen LogP contribution in [0.4, 0.5) is 0 Å². The number of hydrogen-bond acceptors (Lipinski definition) is 6. The van der Waals surface area contributed by atoms with E-state index in [0.717, 1.165) is 19.3 Å². The smallest absolute Gasteiger partial charge is 0.279 e. The molecule has 0 unspecified atom stereocenters. The molecule has 0 saturated heterocycles. The van der Waals surface area contributed by atoms with Crippen molar-refractivity contribution in [2.24, 2.45) is 0 Å². The van der Waals surface area contributed by atoms with Crippen LogP contribution in [0.3, 0.4) is 0 Å². The topological polar surface area (TPSA) is 99.3 Å². The predicted molar refractivity (Wildman–Crippen MR) is 115 cm³/mol. The van der Waals surface area contributed by atoms with Crippen molar-refractivity contribution in [3.63, 3.8) is 0 Å². The molecule has 2 N–H and O–H groups in total. The van der Waals surface area contributed by atoms with Crippen molar-refractivity contribution < 1.29 is 4.79 Å². The monoisotopic (exact) mass is 415 g/mol. The van der Waals surface area contributed by atoms with E-state index in [1.807, 2.05) is 18.2 Å². The number of aryl methyl sites for hydroxylation is 2. The molecular weight excluding hydrogens is 398 g/mol. The molecular formula is C22H17N5O2S. The van der Waals surface area contributed by atoms with Gasteiger partial charge in [0.1, 0.15) is 6.07 Å². The third-order valence-corrected chi connectivity index (χ3v) is 6.72. The number of imidazole rings is 1. The molecule has 5 rings (SSSR count). The summed E-state index contributed by atoms with van der Waals surface area (Å²) >= 11 is 1.51. The minimum atomic E-state index is -0.299. The maximum Gasteiger partial charge on any atom is 0.279 e. The van der Waals surface area contributed by atoms with Gasteiger partial charge in [0.15, 0.2) is 5.65 Å². The van der Waals surface area contributed by atoms with Gasteiger partial charge in [-0.3, -0.25) is 19.4 Å². The number of amides is 1. The Balaban J connectivity index is 1.54. The molecule has 4 aromatic rings. The van der Waals surface area contributed by atoms with Gasteiger partial charge in [-0.2, -0.15) is 5.26 Å². The van der Waals surface area contributed by atoms with Crippen LogP contribution in [0.1, 0.15) is 37.7 Å². The number of nitrogens with zero attached hydrogens (tertiary/aromatic N) is 3. The fourth-order valence-electron chi connectivity index (χ4n) is 3.96. The first-order valence-electron chi connectivity index (χ1n) is 9.60. The number of pyridine rings is 1. The van der Waals surface area contributed by atoms with Gasteiger partial charge < -0.3 is 5.43 Å². The molecule has 7 nitrogen and oxygen atoms in total. The lowest BCUT2D eigenvalue weighted by Crippen LogP contribution is -2.40. The number of carbonyl (C=O) groups is 1. The van der Waals surface area contributed by atoms with Gasteiger partial charge in [0.05, 0.1) is 26.7 Å². The number of rotatable bonds is 3. The molecule has 1 aliphatic rings. The van der Waals surface area contributed by atoms with E-state index in [9.17, 15) is 14.9 Å². The number of para-hydroxylation sites is 2. The molecule has 1 amide bonds. The predicted octanol–water partition coefficient (Wildman–Crippen LogP) is 1.97. The Morgan fingerprint density at radius 1 is 1.33 bits per heavy atom. The molecule has 0 bridgehead atoms. The first kappa shape index (κ1) is 18.3. The van der Waals surface area contributed by atoms with Gasteiger partial charge in [-0.25, -0.2) is 4.98 Å². The van der Waals surface area contributed by atoms with E-state index in [0.29, 0.717) is 37.9 Å². The maximum absolute atomic E-state index is 13.2. The Hall–Kier alpha value is -3.70. The second kappa shape index (κ2) is 6.97. The average molecular weight is 415 g/mol. The fourth-order valence-corrected chi connectivity index (χ4v) is 5.11. The van der Waals surface area contributed by atoms with Crippen LogP contribution >= 0.6 is 11.3 Å². The lowest BCUT2D eigenvalue weighted by Gasteiger charge is -2.05. The number of thiophene rings is 1. The fraction of sp³-hybridized carbons (Fsp3) is 0.182. The Morgan fingerprint density at radius 2 is 2.17 bits per heavy atom. The molecule has 3 heterocycles. The summed E-state index contributed by atoms with van der Waals surface area (Å²) < 4.78 is 1.44. The number of fused-ring (bicyclic) bond motifs is 4. The molecule has 0 spiro atoms. The second-order valence-corrected chi connectivity index (χ2v) is 8.38. The number of hydrogen-bond donors (Lipinski definition) is 2. The van der Waals surface area contributed by atoms with Crippen molar-refractivity contribution in [3.8, 4) is 6.07 Å². The highest BCUT2D eigenvalue weighted by molar-refractivity contribution is 7.14. The Bertz CT molecular complexity index is 1470. The summed E-state index contributed by atoms with van der Waals surface area (Å²) in [5, 5.41) is 9.97. The number of hydrazine groups is 1. The lowest BCUT2D eigenvalue weighted by molar-refractivity contribution is 0.0947. The molecule has 30 heavy (non-hydrogen) atoms. The van der Waals surface area contributed by atoms with Crippen LogP contribution in [0.2, 0.25) is 0 Å². The van der Waals surface area contributed by atoms with E-state index in [1.54, 1.807) is 19.1 Å². The molecule has 1 aromatic carbocycles. The van der Waals surface area contributed by atoms with Crippen LogP contribution in [-0.4, -0.2) is 15.3 Å². The third-order valence-electron chi connectivity index (χ3n) is 5.48. The number of nitriles is 1. The van der Waals surface area contributed by atoms with Gasteiger partial charge in [-0.05, 0) is 55.5 Å². The van der Waals surface area contributed by atoms with Gasteiger partial charge in [-0.15, -0.1) is 11.3 Å². The minimum Gasteiger partial charge on any atom is -0.305 e. The quantitative estimate of drug-likeness (QED) is 0.499. The normalized spacial score (nSPS) is 13.5. The van der Waals surface area contributed by atoms with E-state index < -0.39 is 0 Å². The zero-order valence-corrected chi connectivity index (χ0v) is 17.0. The van der Waals surface area contributed by atoms with E-state index in [4.69, 9.17) is 0 Å². The molecule has 0 fully saturated rings.